The number of pyridine rings is 1. The van der Waals surface area contributed by atoms with Gasteiger partial charge in [-0.1, -0.05) is 38.1 Å². The van der Waals surface area contributed by atoms with Gasteiger partial charge in [0, 0.05) is 18.8 Å². The number of hydrogen-bond acceptors (Lipinski definition) is 3. The number of hydrogen-bond donors (Lipinski definition) is 1. The van der Waals surface area contributed by atoms with E-state index < -0.39 is 0 Å². The van der Waals surface area contributed by atoms with E-state index in [2.05, 4.69) is 24.1 Å². The monoisotopic (exact) mass is 365 g/mol. The van der Waals surface area contributed by atoms with Crippen LogP contribution in [0.1, 0.15) is 58.8 Å². The first kappa shape index (κ1) is 19.1. The summed E-state index contributed by atoms with van der Waals surface area (Å²) in [6, 6.07) is 11.0. The van der Waals surface area contributed by atoms with Crippen molar-refractivity contribution in [2.45, 2.75) is 40.0 Å². The van der Waals surface area contributed by atoms with E-state index in [1.807, 2.05) is 30.0 Å². The summed E-state index contributed by atoms with van der Waals surface area (Å²) in [5.41, 5.74) is 3.51. The van der Waals surface area contributed by atoms with E-state index in [9.17, 15) is 9.59 Å². The molecule has 1 saturated heterocycles. The maximum absolute atomic E-state index is 12.7. The zero-order chi connectivity index (χ0) is 19.4. The van der Waals surface area contributed by atoms with Gasteiger partial charge in [-0.2, -0.15) is 0 Å². The number of nitrogens with one attached hydrogen (secondary N) is 1. The van der Waals surface area contributed by atoms with Gasteiger partial charge in [-0.25, -0.2) is 4.98 Å². The summed E-state index contributed by atoms with van der Waals surface area (Å²) in [5, 5.41) is 2.97. The number of likely N-dealkylation sites (tertiary alicyclic amines) is 1. The van der Waals surface area contributed by atoms with Crippen LogP contribution in [0.25, 0.3) is 0 Å². The summed E-state index contributed by atoms with van der Waals surface area (Å²) in [6.45, 7) is 7.74. The number of carbonyl (C=O) groups excluding carboxylic acids is 2. The Balaban J connectivity index is 1.77. The summed E-state index contributed by atoms with van der Waals surface area (Å²) >= 11 is 0. The second-order valence-electron chi connectivity index (χ2n) is 7.30. The average Bonchev–Trinajstić information content (AvgIpc) is 2.69. The van der Waals surface area contributed by atoms with Crippen molar-refractivity contribution in [3.05, 3.63) is 58.9 Å². The number of aromatic nitrogens is 1. The molecule has 1 fully saturated rings. The summed E-state index contributed by atoms with van der Waals surface area (Å²) < 4.78 is 0. The predicted octanol–water partition coefficient (Wildman–Crippen LogP) is 4.08. The Morgan fingerprint density at radius 1 is 1.11 bits per heavy atom. The lowest BCUT2D eigenvalue weighted by molar-refractivity contribution is 0.0691. The molecule has 0 aliphatic carbocycles. The highest BCUT2D eigenvalue weighted by molar-refractivity contribution is 6.04. The van der Waals surface area contributed by atoms with Crippen LogP contribution in [-0.2, 0) is 6.42 Å². The molecule has 1 aromatic carbocycles. The molecule has 0 spiro atoms. The number of benzene rings is 1. The second kappa shape index (κ2) is 8.33. The molecule has 0 bridgehead atoms. The third kappa shape index (κ3) is 4.35. The zero-order valence-corrected chi connectivity index (χ0v) is 16.3. The van der Waals surface area contributed by atoms with Gasteiger partial charge < -0.3 is 10.2 Å². The lowest BCUT2D eigenvalue weighted by Gasteiger charge is -2.30. The van der Waals surface area contributed by atoms with E-state index in [4.69, 9.17) is 0 Å². The van der Waals surface area contributed by atoms with Gasteiger partial charge in [0.15, 0.2) is 0 Å². The first-order valence-corrected chi connectivity index (χ1v) is 9.65. The van der Waals surface area contributed by atoms with E-state index in [-0.39, 0.29) is 17.5 Å². The van der Waals surface area contributed by atoms with Crippen LogP contribution in [0.4, 0.5) is 5.69 Å². The molecule has 0 radical (unpaired) electrons. The molecular formula is C22H27N3O2. The lowest BCUT2D eigenvalue weighted by Crippen LogP contribution is -2.38. The van der Waals surface area contributed by atoms with Crippen molar-refractivity contribution in [1.29, 1.82) is 0 Å². The molecule has 3 rings (SSSR count). The Morgan fingerprint density at radius 2 is 1.78 bits per heavy atom. The van der Waals surface area contributed by atoms with Crippen LogP contribution in [0.2, 0.25) is 0 Å². The van der Waals surface area contributed by atoms with Gasteiger partial charge in [-0.15, -0.1) is 0 Å². The molecule has 1 aliphatic heterocycles. The minimum absolute atomic E-state index is 0.0957. The Hall–Kier alpha value is -2.69. The molecule has 2 aromatic rings. The Labute approximate surface area is 160 Å². The fraction of sp³-hybridized carbons (Fsp3) is 0.409. The van der Waals surface area contributed by atoms with Crippen LogP contribution in [0, 0.1) is 12.8 Å². The molecule has 5 heteroatoms. The van der Waals surface area contributed by atoms with Crippen LogP contribution in [-0.4, -0.2) is 34.8 Å². The first-order valence-electron chi connectivity index (χ1n) is 9.65. The van der Waals surface area contributed by atoms with Gasteiger partial charge in [-0.05, 0) is 55.4 Å². The average molecular weight is 365 g/mol. The second-order valence-corrected chi connectivity index (χ2v) is 7.30. The highest BCUT2D eigenvalue weighted by Gasteiger charge is 2.23. The number of rotatable bonds is 4. The molecule has 0 unspecified atom stereocenters. The fourth-order valence-corrected chi connectivity index (χ4v) is 3.43. The Morgan fingerprint density at radius 3 is 2.48 bits per heavy atom. The third-order valence-corrected chi connectivity index (χ3v) is 5.25. The van der Waals surface area contributed by atoms with Crippen molar-refractivity contribution < 1.29 is 9.59 Å². The Bertz CT molecular complexity index is 839. The van der Waals surface area contributed by atoms with Crippen molar-refractivity contribution in [3.8, 4) is 0 Å². The quantitative estimate of drug-likeness (QED) is 0.888. The highest BCUT2D eigenvalue weighted by Crippen LogP contribution is 2.22. The molecule has 27 heavy (non-hydrogen) atoms. The van der Waals surface area contributed by atoms with Crippen molar-refractivity contribution in [2.75, 3.05) is 18.4 Å². The highest BCUT2D eigenvalue weighted by atomic mass is 16.2. The normalized spacial score (nSPS) is 14.9. The maximum Gasteiger partial charge on any atom is 0.274 e. The number of anilines is 1. The summed E-state index contributed by atoms with van der Waals surface area (Å²) in [6.07, 6.45) is 2.86. The van der Waals surface area contributed by atoms with Gasteiger partial charge in [-0.3, -0.25) is 9.59 Å². The molecule has 0 atom stereocenters. The number of piperidine rings is 1. The van der Waals surface area contributed by atoms with Crippen LogP contribution in [0.5, 0.6) is 0 Å². The van der Waals surface area contributed by atoms with Crippen molar-refractivity contribution in [3.63, 3.8) is 0 Å². The van der Waals surface area contributed by atoms with Gasteiger partial charge in [0.25, 0.3) is 11.8 Å². The number of nitrogens with zero attached hydrogens (tertiary/aromatic N) is 2. The molecule has 142 valence electrons. The van der Waals surface area contributed by atoms with E-state index in [1.165, 1.54) is 0 Å². The molecule has 0 saturated carbocycles. The van der Waals surface area contributed by atoms with E-state index in [0.717, 1.165) is 49.2 Å². The topological polar surface area (TPSA) is 62.3 Å². The molecule has 1 aliphatic rings. The van der Waals surface area contributed by atoms with Crippen LogP contribution in [0.3, 0.4) is 0 Å². The number of carbonyl (C=O) groups is 2. The third-order valence-electron chi connectivity index (χ3n) is 5.25. The van der Waals surface area contributed by atoms with Crippen LogP contribution >= 0.6 is 0 Å². The standard InChI is InChI=1S/C22H27N3O2/c1-4-17-8-5-7-16(3)20(17)24-21(26)18-9-6-10-19(23-18)22(27)25-13-11-15(2)12-14-25/h5-10,15H,4,11-14H2,1-3H3,(H,24,26). The van der Waals surface area contributed by atoms with Crippen molar-refractivity contribution in [1.82, 2.24) is 9.88 Å². The van der Waals surface area contributed by atoms with Crippen LogP contribution < -0.4 is 5.32 Å². The minimum Gasteiger partial charge on any atom is -0.337 e. The summed E-state index contributed by atoms with van der Waals surface area (Å²) in [4.78, 5) is 31.6. The van der Waals surface area contributed by atoms with Gasteiger partial charge in [0.2, 0.25) is 0 Å². The first-order chi connectivity index (χ1) is 13.0. The van der Waals surface area contributed by atoms with Gasteiger partial charge in [0.05, 0.1) is 0 Å². The lowest BCUT2D eigenvalue weighted by atomic mass is 9.99. The molecular weight excluding hydrogens is 338 g/mol. The smallest absolute Gasteiger partial charge is 0.274 e. The molecule has 1 aromatic heterocycles. The van der Waals surface area contributed by atoms with Crippen molar-refractivity contribution >= 4 is 17.5 Å². The molecule has 5 nitrogen and oxygen atoms in total. The van der Waals surface area contributed by atoms with Crippen molar-refractivity contribution in [2.24, 2.45) is 5.92 Å². The maximum atomic E-state index is 12.7. The SMILES string of the molecule is CCc1cccc(C)c1NC(=O)c1cccc(C(=O)N2CCC(C)CC2)n1. The molecule has 2 heterocycles. The number of aryl methyl sites for hydroxylation is 2. The van der Waals surface area contributed by atoms with Gasteiger partial charge >= 0.3 is 0 Å². The largest absolute Gasteiger partial charge is 0.337 e. The summed E-state index contributed by atoms with van der Waals surface area (Å²) in [5.74, 6) is 0.267. The van der Waals surface area contributed by atoms with E-state index >= 15 is 0 Å². The van der Waals surface area contributed by atoms with E-state index in [1.54, 1.807) is 18.2 Å². The summed E-state index contributed by atoms with van der Waals surface area (Å²) in [7, 11) is 0. The number of amides is 2. The zero-order valence-electron chi connectivity index (χ0n) is 16.3. The molecule has 2 amide bonds. The predicted molar refractivity (Wildman–Crippen MR) is 107 cm³/mol. The van der Waals surface area contributed by atoms with Crippen LogP contribution in [0.15, 0.2) is 36.4 Å². The van der Waals surface area contributed by atoms with Gasteiger partial charge in [0.1, 0.15) is 11.4 Å². The van der Waals surface area contributed by atoms with E-state index in [0.29, 0.717) is 11.6 Å². The fourth-order valence-electron chi connectivity index (χ4n) is 3.43. The Kier molecular flexibility index (Phi) is 5.89. The number of para-hydroxylation sites is 1. The molecule has 1 N–H and O–H groups in total. The minimum atomic E-state index is -0.291.